The summed E-state index contributed by atoms with van der Waals surface area (Å²) < 4.78 is 5.40. The van der Waals surface area contributed by atoms with Crippen LogP contribution in [0.15, 0.2) is 18.2 Å². The second-order valence-electron chi connectivity index (χ2n) is 4.65. The van der Waals surface area contributed by atoms with Gasteiger partial charge in [0.2, 0.25) is 0 Å². The zero-order valence-corrected chi connectivity index (χ0v) is 10.9. The Hall–Kier alpha value is -1.35. The van der Waals surface area contributed by atoms with Gasteiger partial charge in [-0.3, -0.25) is 0 Å². The number of carbonyl (C=O) groups is 1. The van der Waals surface area contributed by atoms with Crippen molar-refractivity contribution in [3.8, 4) is 0 Å². The average molecular weight is 236 g/mol. The first-order chi connectivity index (χ1) is 7.90. The Morgan fingerprint density at radius 3 is 2.47 bits per heavy atom. The minimum absolute atomic E-state index is 0.0816. The van der Waals surface area contributed by atoms with E-state index in [1.807, 2.05) is 39.8 Å². The zero-order chi connectivity index (χ0) is 13.0. The van der Waals surface area contributed by atoms with Crippen molar-refractivity contribution in [3.05, 3.63) is 34.9 Å². The van der Waals surface area contributed by atoms with Crippen LogP contribution in [0.2, 0.25) is 0 Å². The van der Waals surface area contributed by atoms with E-state index in [1.165, 1.54) is 5.56 Å². The summed E-state index contributed by atoms with van der Waals surface area (Å²) in [6, 6.07) is 6.03. The number of aliphatic carboxylic acids is 1. The van der Waals surface area contributed by atoms with Gasteiger partial charge in [-0.25, -0.2) is 4.79 Å². The van der Waals surface area contributed by atoms with Gasteiger partial charge < -0.3 is 9.84 Å². The molecule has 0 aliphatic heterocycles. The molecule has 0 amide bonds. The summed E-state index contributed by atoms with van der Waals surface area (Å²) in [4.78, 5) is 11.1. The Morgan fingerprint density at radius 1 is 1.35 bits per heavy atom. The van der Waals surface area contributed by atoms with Crippen molar-refractivity contribution in [2.24, 2.45) is 0 Å². The normalized spacial score (nSPS) is 12.8. The van der Waals surface area contributed by atoms with E-state index >= 15 is 0 Å². The van der Waals surface area contributed by atoms with Gasteiger partial charge in [0.05, 0.1) is 6.10 Å². The van der Waals surface area contributed by atoms with Crippen molar-refractivity contribution in [3.63, 3.8) is 0 Å². The van der Waals surface area contributed by atoms with Gasteiger partial charge in [-0.05, 0) is 38.8 Å². The van der Waals surface area contributed by atoms with Crippen molar-refractivity contribution in [1.82, 2.24) is 0 Å². The predicted molar refractivity (Wildman–Crippen MR) is 67.3 cm³/mol. The molecule has 0 bridgehead atoms. The van der Waals surface area contributed by atoms with Crippen LogP contribution in [0.3, 0.4) is 0 Å². The maximum absolute atomic E-state index is 11.1. The summed E-state index contributed by atoms with van der Waals surface area (Å²) in [6.45, 7) is 7.71. The number of rotatable bonds is 5. The van der Waals surface area contributed by atoms with Gasteiger partial charge in [-0.15, -0.1) is 0 Å². The maximum atomic E-state index is 11.1. The van der Waals surface area contributed by atoms with Gasteiger partial charge in [0.15, 0.2) is 6.10 Å². The Balaban J connectivity index is 2.82. The fraction of sp³-hybridized carbons (Fsp3) is 0.500. The molecule has 0 aliphatic rings. The monoisotopic (exact) mass is 236 g/mol. The molecule has 0 saturated carbocycles. The van der Waals surface area contributed by atoms with Crippen LogP contribution < -0.4 is 0 Å². The molecular formula is C14H20O3. The highest BCUT2D eigenvalue weighted by Gasteiger charge is 2.20. The standard InChI is InChI=1S/C14H20O3/c1-9(2)17-13(14(15)16)8-12-6-5-10(3)7-11(12)4/h5-7,9,13H,8H2,1-4H3,(H,15,16). The van der Waals surface area contributed by atoms with E-state index in [0.717, 1.165) is 11.1 Å². The van der Waals surface area contributed by atoms with E-state index in [2.05, 4.69) is 6.07 Å². The molecule has 0 fully saturated rings. The van der Waals surface area contributed by atoms with Crippen molar-refractivity contribution in [2.75, 3.05) is 0 Å². The van der Waals surface area contributed by atoms with Gasteiger partial charge in [-0.1, -0.05) is 23.8 Å². The summed E-state index contributed by atoms with van der Waals surface area (Å²) in [5, 5.41) is 9.10. The quantitative estimate of drug-likeness (QED) is 0.855. The highest BCUT2D eigenvalue weighted by molar-refractivity contribution is 5.72. The van der Waals surface area contributed by atoms with Crippen LogP contribution in [0.5, 0.6) is 0 Å². The lowest BCUT2D eigenvalue weighted by Gasteiger charge is -2.17. The number of carboxylic acids is 1. The Bertz CT molecular complexity index is 396. The Labute approximate surface area is 102 Å². The molecule has 94 valence electrons. The lowest BCUT2D eigenvalue weighted by atomic mass is 10.0. The largest absolute Gasteiger partial charge is 0.479 e. The van der Waals surface area contributed by atoms with Crippen molar-refractivity contribution >= 4 is 5.97 Å². The van der Waals surface area contributed by atoms with Crippen LogP contribution in [-0.2, 0) is 16.0 Å². The molecule has 1 rings (SSSR count). The molecule has 1 N–H and O–H groups in total. The highest BCUT2D eigenvalue weighted by Crippen LogP contribution is 2.15. The van der Waals surface area contributed by atoms with E-state index in [-0.39, 0.29) is 6.10 Å². The van der Waals surface area contributed by atoms with Crippen LogP contribution >= 0.6 is 0 Å². The summed E-state index contributed by atoms with van der Waals surface area (Å²) >= 11 is 0. The summed E-state index contributed by atoms with van der Waals surface area (Å²) in [6.07, 6.45) is -0.433. The topological polar surface area (TPSA) is 46.5 Å². The molecule has 0 saturated heterocycles. The number of carboxylic acid groups (broad SMARTS) is 1. The zero-order valence-electron chi connectivity index (χ0n) is 10.9. The number of hydrogen-bond acceptors (Lipinski definition) is 2. The van der Waals surface area contributed by atoms with Crippen LogP contribution in [0.4, 0.5) is 0 Å². The molecule has 1 atom stereocenters. The molecule has 3 nitrogen and oxygen atoms in total. The Morgan fingerprint density at radius 2 is 2.00 bits per heavy atom. The third-order valence-corrected chi connectivity index (χ3v) is 2.62. The third kappa shape index (κ3) is 4.19. The van der Waals surface area contributed by atoms with Gasteiger partial charge in [0.1, 0.15) is 0 Å². The van der Waals surface area contributed by atoms with E-state index in [4.69, 9.17) is 9.84 Å². The summed E-state index contributed by atoms with van der Waals surface area (Å²) in [7, 11) is 0. The number of hydrogen-bond donors (Lipinski definition) is 1. The number of ether oxygens (including phenoxy) is 1. The molecule has 3 heteroatoms. The van der Waals surface area contributed by atoms with Crippen LogP contribution in [0.25, 0.3) is 0 Å². The fourth-order valence-electron chi connectivity index (χ4n) is 1.80. The van der Waals surface area contributed by atoms with E-state index < -0.39 is 12.1 Å². The number of benzene rings is 1. The lowest BCUT2D eigenvalue weighted by Crippen LogP contribution is -2.29. The molecular weight excluding hydrogens is 216 g/mol. The lowest BCUT2D eigenvalue weighted by molar-refractivity contribution is -0.153. The minimum atomic E-state index is -0.904. The van der Waals surface area contributed by atoms with E-state index in [9.17, 15) is 4.79 Å². The van der Waals surface area contributed by atoms with Gasteiger partial charge in [-0.2, -0.15) is 0 Å². The smallest absolute Gasteiger partial charge is 0.333 e. The summed E-state index contributed by atoms with van der Waals surface area (Å²) in [5.41, 5.74) is 3.33. The first kappa shape index (κ1) is 13.7. The SMILES string of the molecule is Cc1ccc(CC(OC(C)C)C(=O)O)c(C)c1. The molecule has 17 heavy (non-hydrogen) atoms. The van der Waals surface area contributed by atoms with Crippen LogP contribution in [0, 0.1) is 13.8 Å². The number of aryl methyl sites for hydroxylation is 2. The second kappa shape index (κ2) is 5.82. The fourth-order valence-corrected chi connectivity index (χ4v) is 1.80. The molecule has 0 heterocycles. The van der Waals surface area contributed by atoms with Gasteiger partial charge in [0, 0.05) is 6.42 Å². The molecule has 1 unspecified atom stereocenters. The molecule has 1 aromatic rings. The van der Waals surface area contributed by atoms with Crippen molar-refractivity contribution < 1.29 is 14.6 Å². The molecule has 0 spiro atoms. The molecule has 0 radical (unpaired) electrons. The first-order valence-electron chi connectivity index (χ1n) is 5.84. The third-order valence-electron chi connectivity index (χ3n) is 2.62. The second-order valence-corrected chi connectivity index (χ2v) is 4.65. The van der Waals surface area contributed by atoms with E-state index in [0.29, 0.717) is 6.42 Å². The first-order valence-corrected chi connectivity index (χ1v) is 5.84. The van der Waals surface area contributed by atoms with Crippen molar-refractivity contribution in [2.45, 2.75) is 46.3 Å². The van der Waals surface area contributed by atoms with Crippen LogP contribution in [-0.4, -0.2) is 23.3 Å². The molecule has 0 aliphatic carbocycles. The van der Waals surface area contributed by atoms with Crippen molar-refractivity contribution in [1.29, 1.82) is 0 Å². The predicted octanol–water partition coefficient (Wildman–Crippen LogP) is 2.72. The van der Waals surface area contributed by atoms with Gasteiger partial charge >= 0.3 is 5.97 Å². The minimum Gasteiger partial charge on any atom is -0.479 e. The highest BCUT2D eigenvalue weighted by atomic mass is 16.5. The summed E-state index contributed by atoms with van der Waals surface area (Å²) in [5.74, 6) is -0.904. The Kier molecular flexibility index (Phi) is 4.70. The van der Waals surface area contributed by atoms with Gasteiger partial charge in [0.25, 0.3) is 0 Å². The van der Waals surface area contributed by atoms with Crippen LogP contribution in [0.1, 0.15) is 30.5 Å². The molecule has 0 aromatic heterocycles. The average Bonchev–Trinajstić information content (AvgIpc) is 2.19. The molecule has 1 aromatic carbocycles. The van der Waals surface area contributed by atoms with E-state index in [1.54, 1.807) is 0 Å². The maximum Gasteiger partial charge on any atom is 0.333 e.